The Morgan fingerprint density at radius 3 is 2.79 bits per heavy atom. The molecule has 0 N–H and O–H groups in total. The van der Waals surface area contributed by atoms with Gasteiger partial charge in [-0.2, -0.15) is 0 Å². The Kier molecular flexibility index (Phi) is 3.62. The number of halogens is 1. The summed E-state index contributed by atoms with van der Waals surface area (Å²) in [6, 6.07) is 4.64. The second kappa shape index (κ2) is 4.92. The lowest BCUT2D eigenvalue weighted by Crippen LogP contribution is -2.54. The molecule has 0 aromatic heterocycles. The Labute approximate surface area is 119 Å². The van der Waals surface area contributed by atoms with Crippen molar-refractivity contribution in [2.24, 2.45) is 5.41 Å². The summed E-state index contributed by atoms with van der Waals surface area (Å²) in [4.78, 5) is 22.0. The molecule has 1 aliphatic carbocycles. The highest BCUT2D eigenvalue weighted by molar-refractivity contribution is 9.10. The maximum absolute atomic E-state index is 11.6. The Morgan fingerprint density at radius 2 is 2.26 bits per heavy atom. The molecule has 19 heavy (non-hydrogen) atoms. The highest BCUT2D eigenvalue weighted by atomic mass is 79.9. The maximum atomic E-state index is 11.6. The summed E-state index contributed by atoms with van der Waals surface area (Å²) in [5.41, 5.74) is -0.522. The van der Waals surface area contributed by atoms with E-state index in [2.05, 4.69) is 15.9 Å². The third-order valence-electron chi connectivity index (χ3n) is 3.86. The Morgan fingerprint density at radius 1 is 1.58 bits per heavy atom. The largest absolute Gasteiger partial charge is 0.487 e. The number of carbonyl (C=O) groups is 1. The minimum absolute atomic E-state index is 0.0404. The van der Waals surface area contributed by atoms with Crippen LogP contribution < -0.4 is 4.74 Å². The van der Waals surface area contributed by atoms with Crippen molar-refractivity contribution in [1.82, 2.24) is 0 Å². The van der Waals surface area contributed by atoms with Gasteiger partial charge in [0.25, 0.3) is 5.69 Å². The third-order valence-corrected chi connectivity index (χ3v) is 4.66. The van der Waals surface area contributed by atoms with Crippen molar-refractivity contribution >= 4 is 27.4 Å². The van der Waals surface area contributed by atoms with Crippen LogP contribution in [0.5, 0.6) is 5.75 Å². The zero-order valence-electron chi connectivity index (χ0n) is 10.7. The first kappa shape index (κ1) is 14.0. The van der Waals surface area contributed by atoms with Crippen molar-refractivity contribution in [1.29, 1.82) is 0 Å². The zero-order chi connectivity index (χ0) is 14.2. The van der Waals surface area contributed by atoms with E-state index in [0.29, 0.717) is 23.1 Å². The average Bonchev–Trinajstić information content (AvgIpc) is 2.39. The second-order valence-corrected chi connectivity index (χ2v) is 5.64. The highest BCUT2D eigenvalue weighted by Gasteiger charge is 2.51. The number of rotatable bonds is 4. The molecule has 0 bridgehead atoms. The molecule has 1 aliphatic rings. The molecule has 0 spiro atoms. The van der Waals surface area contributed by atoms with Gasteiger partial charge >= 0.3 is 0 Å². The predicted molar refractivity (Wildman–Crippen MR) is 73.2 cm³/mol. The molecule has 0 radical (unpaired) electrons. The van der Waals surface area contributed by atoms with Gasteiger partial charge in [0, 0.05) is 12.5 Å². The van der Waals surface area contributed by atoms with Crippen LogP contribution in [0.2, 0.25) is 0 Å². The zero-order valence-corrected chi connectivity index (χ0v) is 12.3. The molecule has 1 fully saturated rings. The summed E-state index contributed by atoms with van der Waals surface area (Å²) < 4.78 is 6.09. The van der Waals surface area contributed by atoms with Crippen LogP contribution in [0.15, 0.2) is 22.7 Å². The molecule has 102 valence electrons. The molecule has 1 aromatic rings. The number of ketones is 1. The van der Waals surface area contributed by atoms with E-state index >= 15 is 0 Å². The molecular weight excluding hydrogens is 314 g/mol. The lowest BCUT2D eigenvalue weighted by Gasteiger charge is -2.44. The Balaban J connectivity index is 2.24. The van der Waals surface area contributed by atoms with Gasteiger partial charge in [0.05, 0.1) is 10.3 Å². The van der Waals surface area contributed by atoms with Gasteiger partial charge in [-0.25, -0.2) is 0 Å². The molecule has 5 nitrogen and oxygen atoms in total. The van der Waals surface area contributed by atoms with Gasteiger partial charge in [-0.15, -0.1) is 0 Å². The number of carbonyl (C=O) groups excluding carboxylic acids is 1. The SMILES string of the molecule is CCC1(C)C(=O)CC1Oc1cccc([N+](=O)[O-])c1Br. The van der Waals surface area contributed by atoms with Gasteiger partial charge in [0.2, 0.25) is 0 Å². The van der Waals surface area contributed by atoms with Gasteiger partial charge in [0.15, 0.2) is 0 Å². The van der Waals surface area contributed by atoms with Crippen molar-refractivity contribution in [3.63, 3.8) is 0 Å². The Bertz CT molecular complexity index is 545. The summed E-state index contributed by atoms with van der Waals surface area (Å²) in [5, 5.41) is 10.8. The van der Waals surface area contributed by atoms with Crippen molar-refractivity contribution in [2.75, 3.05) is 0 Å². The summed E-state index contributed by atoms with van der Waals surface area (Å²) in [5.74, 6) is 0.591. The van der Waals surface area contributed by atoms with Crippen LogP contribution in [0, 0.1) is 15.5 Å². The van der Waals surface area contributed by atoms with Gasteiger partial charge in [-0.3, -0.25) is 14.9 Å². The van der Waals surface area contributed by atoms with Gasteiger partial charge in [0.1, 0.15) is 22.1 Å². The first-order chi connectivity index (χ1) is 8.90. The quantitative estimate of drug-likeness (QED) is 0.627. The normalized spacial score (nSPS) is 25.8. The monoisotopic (exact) mass is 327 g/mol. The first-order valence-electron chi connectivity index (χ1n) is 6.03. The highest BCUT2D eigenvalue weighted by Crippen LogP contribution is 2.44. The molecular formula is C13H14BrNO4. The smallest absolute Gasteiger partial charge is 0.287 e. The lowest BCUT2D eigenvalue weighted by molar-refractivity contribution is -0.385. The van der Waals surface area contributed by atoms with Crippen molar-refractivity contribution < 1.29 is 14.5 Å². The Hall–Kier alpha value is -1.43. The molecule has 1 aromatic carbocycles. The minimum atomic E-state index is -0.482. The number of nitro groups is 1. The van der Waals surface area contributed by atoms with Gasteiger partial charge in [-0.1, -0.05) is 13.0 Å². The van der Waals surface area contributed by atoms with Crippen molar-refractivity contribution in [3.8, 4) is 5.75 Å². The molecule has 0 aliphatic heterocycles. The van der Waals surface area contributed by atoms with E-state index < -0.39 is 10.3 Å². The predicted octanol–water partition coefficient (Wildman–Crippen LogP) is 3.49. The van der Waals surface area contributed by atoms with Crippen molar-refractivity contribution in [2.45, 2.75) is 32.8 Å². The molecule has 0 amide bonds. The van der Waals surface area contributed by atoms with Crippen molar-refractivity contribution in [3.05, 3.63) is 32.8 Å². The third kappa shape index (κ3) is 2.25. The number of hydrogen-bond acceptors (Lipinski definition) is 4. The number of Topliss-reactive ketones (excluding diaryl/α,β-unsaturated/α-hetero) is 1. The minimum Gasteiger partial charge on any atom is -0.487 e. The van der Waals surface area contributed by atoms with Crippen LogP contribution in [0.3, 0.4) is 0 Å². The van der Waals surface area contributed by atoms with Crippen LogP contribution in [0.4, 0.5) is 5.69 Å². The van der Waals surface area contributed by atoms with Crippen LogP contribution in [-0.2, 0) is 4.79 Å². The van der Waals surface area contributed by atoms with Crippen LogP contribution in [0.1, 0.15) is 26.7 Å². The van der Waals surface area contributed by atoms with Gasteiger partial charge < -0.3 is 4.74 Å². The molecule has 2 rings (SSSR count). The molecule has 6 heteroatoms. The molecule has 2 unspecified atom stereocenters. The van der Waals surface area contributed by atoms with E-state index in [4.69, 9.17) is 4.74 Å². The molecule has 1 saturated carbocycles. The number of benzene rings is 1. The van der Waals surface area contributed by atoms with Gasteiger partial charge in [-0.05, 0) is 35.3 Å². The van der Waals surface area contributed by atoms with E-state index in [1.807, 2.05) is 13.8 Å². The summed E-state index contributed by atoms with van der Waals surface area (Å²) in [6.45, 7) is 3.81. The summed E-state index contributed by atoms with van der Waals surface area (Å²) in [7, 11) is 0. The van der Waals surface area contributed by atoms with E-state index in [1.54, 1.807) is 12.1 Å². The second-order valence-electron chi connectivity index (χ2n) is 4.85. The fourth-order valence-electron chi connectivity index (χ4n) is 2.16. The van der Waals surface area contributed by atoms with Crippen LogP contribution in [-0.4, -0.2) is 16.8 Å². The standard InChI is InChI=1S/C13H14BrNO4/c1-3-13(2)10(16)7-11(13)19-9-6-4-5-8(12(9)14)15(17)18/h4-6,11H,3,7H2,1-2H3. The summed E-state index contributed by atoms with van der Waals surface area (Å²) >= 11 is 3.19. The van der Waals surface area contributed by atoms with E-state index in [9.17, 15) is 14.9 Å². The first-order valence-corrected chi connectivity index (χ1v) is 6.82. The van der Waals surface area contributed by atoms with E-state index in [1.165, 1.54) is 6.07 Å². The van der Waals surface area contributed by atoms with Crippen LogP contribution in [0.25, 0.3) is 0 Å². The number of ether oxygens (including phenoxy) is 1. The van der Waals surface area contributed by atoms with Crippen LogP contribution >= 0.6 is 15.9 Å². The average molecular weight is 328 g/mol. The fourth-order valence-corrected chi connectivity index (χ4v) is 2.66. The number of nitrogens with zero attached hydrogens (tertiary/aromatic N) is 1. The number of hydrogen-bond donors (Lipinski definition) is 0. The van der Waals surface area contributed by atoms with E-state index in [0.717, 1.165) is 0 Å². The van der Waals surface area contributed by atoms with E-state index in [-0.39, 0.29) is 17.6 Å². The molecule has 0 saturated heterocycles. The fraction of sp³-hybridized carbons (Fsp3) is 0.462. The molecule has 2 atom stereocenters. The lowest BCUT2D eigenvalue weighted by atomic mass is 9.64. The topological polar surface area (TPSA) is 69.4 Å². The maximum Gasteiger partial charge on any atom is 0.287 e. The summed E-state index contributed by atoms with van der Waals surface area (Å²) in [6.07, 6.45) is 0.839. The molecule has 0 heterocycles. The number of nitro benzene ring substituents is 1.